The van der Waals surface area contributed by atoms with E-state index in [1.165, 1.54) is 36.3 Å². The number of hydrogen-bond donors (Lipinski definition) is 1. The van der Waals surface area contributed by atoms with Gasteiger partial charge in [-0.3, -0.25) is 14.4 Å². The SMILES string of the molecule is COC(=O)c1ccc(N2C(=O)C(Cl)=C(Nc3cccc(C(=O)N(C)c4ccccc4)c3)C2=O)cc1. The highest BCUT2D eigenvalue weighted by atomic mass is 35.5. The molecule has 3 amide bonds. The molecule has 9 heteroatoms. The number of carbonyl (C=O) groups is 4. The molecule has 0 bridgehead atoms. The zero-order valence-corrected chi connectivity index (χ0v) is 19.6. The largest absolute Gasteiger partial charge is 0.465 e. The molecule has 0 aliphatic carbocycles. The van der Waals surface area contributed by atoms with Crippen molar-refractivity contribution in [3.05, 3.63) is 101 Å². The topological polar surface area (TPSA) is 96.0 Å². The molecule has 1 aliphatic rings. The van der Waals surface area contributed by atoms with E-state index < -0.39 is 17.8 Å². The van der Waals surface area contributed by atoms with E-state index in [0.29, 0.717) is 11.3 Å². The van der Waals surface area contributed by atoms with Crippen molar-refractivity contribution in [2.75, 3.05) is 29.3 Å². The van der Waals surface area contributed by atoms with E-state index in [1.54, 1.807) is 31.3 Å². The fourth-order valence-corrected chi connectivity index (χ4v) is 3.76. The predicted octanol–water partition coefficient (Wildman–Crippen LogP) is 4.19. The normalized spacial score (nSPS) is 13.2. The summed E-state index contributed by atoms with van der Waals surface area (Å²) < 4.78 is 4.66. The number of nitrogens with one attached hydrogen (secondary N) is 1. The maximum atomic E-state index is 13.1. The minimum absolute atomic E-state index is 0.116. The van der Waals surface area contributed by atoms with Crippen LogP contribution in [0.3, 0.4) is 0 Å². The molecule has 176 valence electrons. The van der Waals surface area contributed by atoms with Gasteiger partial charge in [-0.25, -0.2) is 9.69 Å². The Bertz CT molecular complexity index is 1350. The number of halogens is 1. The Morgan fingerprint density at radius 2 is 1.57 bits per heavy atom. The Kier molecular flexibility index (Phi) is 6.66. The van der Waals surface area contributed by atoms with E-state index in [1.807, 2.05) is 30.3 Å². The molecule has 0 unspecified atom stereocenters. The van der Waals surface area contributed by atoms with Gasteiger partial charge in [0.25, 0.3) is 17.7 Å². The standard InChI is InChI=1S/C26H20ClN3O5/c1-29(19-9-4-3-5-10-19)23(31)17-7-6-8-18(15-17)28-22-21(27)24(32)30(25(22)33)20-13-11-16(12-14-20)26(34)35-2/h3-15,28H,1-2H3. The van der Waals surface area contributed by atoms with Gasteiger partial charge in [0, 0.05) is 24.0 Å². The highest BCUT2D eigenvalue weighted by Crippen LogP contribution is 2.30. The van der Waals surface area contributed by atoms with E-state index in [0.717, 1.165) is 10.6 Å². The first kappa shape index (κ1) is 23.7. The molecule has 0 fully saturated rings. The van der Waals surface area contributed by atoms with E-state index >= 15 is 0 Å². The number of ether oxygens (including phenoxy) is 1. The van der Waals surface area contributed by atoms with E-state index in [2.05, 4.69) is 10.1 Å². The second kappa shape index (κ2) is 9.82. The summed E-state index contributed by atoms with van der Waals surface area (Å²) in [5, 5.41) is 2.59. The van der Waals surface area contributed by atoms with Gasteiger partial charge in [-0.05, 0) is 54.6 Å². The molecule has 4 rings (SSSR count). The molecule has 0 spiro atoms. The number of esters is 1. The van der Waals surface area contributed by atoms with Crippen LogP contribution < -0.4 is 15.1 Å². The van der Waals surface area contributed by atoms with Crippen LogP contribution in [0.5, 0.6) is 0 Å². The summed E-state index contributed by atoms with van der Waals surface area (Å²) in [6.45, 7) is 0. The summed E-state index contributed by atoms with van der Waals surface area (Å²) >= 11 is 6.21. The van der Waals surface area contributed by atoms with Crippen molar-refractivity contribution in [2.45, 2.75) is 0 Å². The molecule has 1 heterocycles. The number of benzene rings is 3. The molecule has 0 saturated heterocycles. The van der Waals surface area contributed by atoms with Crippen LogP contribution in [0.1, 0.15) is 20.7 Å². The van der Waals surface area contributed by atoms with Crippen molar-refractivity contribution in [2.24, 2.45) is 0 Å². The Balaban J connectivity index is 1.54. The average molecular weight is 490 g/mol. The molecule has 1 aliphatic heterocycles. The van der Waals surface area contributed by atoms with Crippen LogP contribution in [0.4, 0.5) is 17.1 Å². The molecule has 35 heavy (non-hydrogen) atoms. The summed E-state index contributed by atoms with van der Waals surface area (Å²) in [7, 11) is 2.92. The first-order valence-corrected chi connectivity index (χ1v) is 10.9. The molecule has 0 atom stereocenters. The molecule has 3 aromatic carbocycles. The fraction of sp³-hybridized carbons (Fsp3) is 0.0769. The van der Waals surface area contributed by atoms with Crippen molar-refractivity contribution in [1.82, 2.24) is 0 Å². The van der Waals surface area contributed by atoms with Gasteiger partial charge in [0.1, 0.15) is 10.7 Å². The third kappa shape index (κ3) is 4.64. The summed E-state index contributed by atoms with van der Waals surface area (Å²) in [5.74, 6) is -2.16. The van der Waals surface area contributed by atoms with Crippen molar-refractivity contribution >= 4 is 52.4 Å². The van der Waals surface area contributed by atoms with E-state index in [9.17, 15) is 19.2 Å². The molecular formula is C26H20ClN3O5. The quantitative estimate of drug-likeness (QED) is 0.412. The van der Waals surface area contributed by atoms with Crippen LogP contribution in [0, 0.1) is 0 Å². The van der Waals surface area contributed by atoms with Crippen molar-refractivity contribution < 1.29 is 23.9 Å². The van der Waals surface area contributed by atoms with Crippen LogP contribution >= 0.6 is 11.6 Å². The summed E-state index contributed by atoms with van der Waals surface area (Å²) in [6, 6.07) is 21.5. The van der Waals surface area contributed by atoms with Crippen LogP contribution in [0.2, 0.25) is 0 Å². The van der Waals surface area contributed by atoms with Crippen LogP contribution in [-0.2, 0) is 14.3 Å². The number of carbonyl (C=O) groups excluding carboxylic acids is 4. The number of anilines is 3. The van der Waals surface area contributed by atoms with Crippen molar-refractivity contribution in [3.8, 4) is 0 Å². The lowest BCUT2D eigenvalue weighted by molar-refractivity contribution is -0.120. The molecule has 0 aromatic heterocycles. The highest BCUT2D eigenvalue weighted by molar-refractivity contribution is 6.53. The average Bonchev–Trinajstić information content (AvgIpc) is 3.11. The number of hydrogen-bond acceptors (Lipinski definition) is 6. The Morgan fingerprint density at radius 1 is 0.886 bits per heavy atom. The number of para-hydroxylation sites is 1. The molecular weight excluding hydrogens is 470 g/mol. The third-order valence-electron chi connectivity index (χ3n) is 5.40. The smallest absolute Gasteiger partial charge is 0.337 e. The fourth-order valence-electron chi connectivity index (χ4n) is 3.55. The second-order valence-electron chi connectivity index (χ2n) is 7.58. The van der Waals surface area contributed by atoms with Gasteiger partial charge in [0.2, 0.25) is 0 Å². The van der Waals surface area contributed by atoms with Crippen LogP contribution in [-0.4, -0.2) is 37.8 Å². The van der Waals surface area contributed by atoms with Gasteiger partial charge >= 0.3 is 5.97 Å². The highest BCUT2D eigenvalue weighted by Gasteiger charge is 2.39. The van der Waals surface area contributed by atoms with E-state index in [-0.39, 0.29) is 27.9 Å². The first-order chi connectivity index (χ1) is 16.8. The molecule has 8 nitrogen and oxygen atoms in total. The first-order valence-electron chi connectivity index (χ1n) is 10.5. The molecule has 3 aromatic rings. The van der Waals surface area contributed by atoms with Gasteiger partial charge in [0.05, 0.1) is 18.4 Å². The summed E-state index contributed by atoms with van der Waals surface area (Å²) in [6.07, 6.45) is 0. The van der Waals surface area contributed by atoms with Gasteiger partial charge in [-0.2, -0.15) is 0 Å². The van der Waals surface area contributed by atoms with Crippen LogP contribution in [0.15, 0.2) is 89.6 Å². The minimum atomic E-state index is -0.707. The third-order valence-corrected chi connectivity index (χ3v) is 5.75. The predicted molar refractivity (Wildman–Crippen MR) is 132 cm³/mol. The lowest BCUT2D eigenvalue weighted by atomic mass is 10.1. The number of amides is 3. The minimum Gasteiger partial charge on any atom is -0.465 e. The van der Waals surface area contributed by atoms with E-state index in [4.69, 9.17) is 11.6 Å². The Labute approximate surface area is 206 Å². The molecule has 1 N–H and O–H groups in total. The Morgan fingerprint density at radius 3 is 2.23 bits per heavy atom. The van der Waals surface area contributed by atoms with Crippen molar-refractivity contribution in [1.29, 1.82) is 0 Å². The molecule has 0 radical (unpaired) electrons. The number of imide groups is 1. The van der Waals surface area contributed by atoms with Gasteiger partial charge in [-0.1, -0.05) is 35.9 Å². The Hall–Kier alpha value is -4.43. The van der Waals surface area contributed by atoms with Gasteiger partial charge in [0.15, 0.2) is 0 Å². The molecule has 0 saturated carbocycles. The summed E-state index contributed by atoms with van der Waals surface area (Å²) in [5.41, 5.74) is 1.92. The lowest BCUT2D eigenvalue weighted by Gasteiger charge is -2.18. The van der Waals surface area contributed by atoms with Crippen molar-refractivity contribution in [3.63, 3.8) is 0 Å². The number of rotatable bonds is 6. The maximum Gasteiger partial charge on any atom is 0.337 e. The lowest BCUT2D eigenvalue weighted by Crippen LogP contribution is -2.32. The number of nitrogens with zero attached hydrogens (tertiary/aromatic N) is 2. The second-order valence-corrected chi connectivity index (χ2v) is 7.96. The van der Waals surface area contributed by atoms with Gasteiger partial charge < -0.3 is 15.0 Å². The zero-order valence-electron chi connectivity index (χ0n) is 18.8. The van der Waals surface area contributed by atoms with Gasteiger partial charge in [-0.15, -0.1) is 0 Å². The maximum absolute atomic E-state index is 13.1. The zero-order chi connectivity index (χ0) is 25.1. The van der Waals surface area contributed by atoms with Crippen LogP contribution in [0.25, 0.3) is 0 Å². The number of methoxy groups -OCH3 is 1. The monoisotopic (exact) mass is 489 g/mol. The summed E-state index contributed by atoms with van der Waals surface area (Å²) in [4.78, 5) is 52.8.